The SMILES string of the molecule is Cc1c(C)c(C)c(-c2cc(C[C@@H](C(=O)N(C(=O)CCc3ccc(F)cc3)[C@@H]([C]=O)CCCCN)N(C)C(=O)[C@H](CO)NC(=O)[C@H](C)N)ccc2O)c(C)c1C. The number of carbonyl (C=O) groups is 4. The number of benzene rings is 3. The van der Waals surface area contributed by atoms with Gasteiger partial charge in [-0.25, -0.2) is 4.39 Å². The Morgan fingerprint density at radius 3 is 2.02 bits per heavy atom. The van der Waals surface area contributed by atoms with Crippen LogP contribution in [0.5, 0.6) is 5.75 Å². The minimum absolute atomic E-state index is 0.00279. The molecule has 13 heteroatoms. The van der Waals surface area contributed by atoms with E-state index in [-0.39, 0.29) is 31.4 Å². The first-order chi connectivity index (χ1) is 26.0. The molecule has 0 aromatic heterocycles. The zero-order valence-corrected chi connectivity index (χ0v) is 32.9. The smallest absolute Gasteiger partial charge is 0.252 e. The Bertz CT molecular complexity index is 1830. The highest BCUT2D eigenvalue weighted by atomic mass is 19.1. The van der Waals surface area contributed by atoms with Crippen LogP contribution in [0.2, 0.25) is 0 Å². The molecule has 0 aliphatic heterocycles. The Hall–Kier alpha value is -4.98. The summed E-state index contributed by atoms with van der Waals surface area (Å²) in [5, 5.41) is 23.7. The molecular weight excluding hydrogens is 705 g/mol. The monoisotopic (exact) mass is 760 g/mol. The van der Waals surface area contributed by atoms with E-state index in [2.05, 4.69) is 5.32 Å². The Morgan fingerprint density at radius 2 is 1.47 bits per heavy atom. The lowest BCUT2D eigenvalue weighted by Gasteiger charge is -2.35. The third kappa shape index (κ3) is 10.8. The molecule has 3 aromatic carbocycles. The molecule has 0 bridgehead atoms. The van der Waals surface area contributed by atoms with E-state index in [1.54, 1.807) is 12.1 Å². The number of rotatable bonds is 18. The van der Waals surface area contributed by atoms with Gasteiger partial charge in [0.05, 0.1) is 12.6 Å². The van der Waals surface area contributed by atoms with E-state index in [0.717, 1.165) is 43.2 Å². The third-order valence-electron chi connectivity index (χ3n) is 10.5. The number of phenols is 1. The van der Waals surface area contributed by atoms with E-state index in [1.807, 2.05) is 40.9 Å². The summed E-state index contributed by atoms with van der Waals surface area (Å²) in [7, 11) is 1.31. The van der Waals surface area contributed by atoms with Gasteiger partial charge in [0.15, 0.2) is 0 Å². The average molecular weight is 761 g/mol. The van der Waals surface area contributed by atoms with Crippen LogP contribution in [-0.2, 0) is 36.8 Å². The number of amides is 4. The summed E-state index contributed by atoms with van der Waals surface area (Å²) in [6.45, 7) is 10.9. The zero-order valence-electron chi connectivity index (χ0n) is 32.9. The number of unbranched alkanes of at least 4 members (excludes halogenated alkanes) is 1. The fraction of sp³-hybridized carbons (Fsp3) is 0.452. The summed E-state index contributed by atoms with van der Waals surface area (Å²) in [4.78, 5) is 69.8. The average Bonchev–Trinajstić information content (AvgIpc) is 3.16. The second kappa shape index (κ2) is 20.1. The molecule has 0 saturated heterocycles. The number of aromatic hydroxyl groups is 1. The molecule has 7 N–H and O–H groups in total. The molecule has 55 heavy (non-hydrogen) atoms. The van der Waals surface area contributed by atoms with Crippen LogP contribution in [0.3, 0.4) is 0 Å². The summed E-state index contributed by atoms with van der Waals surface area (Å²) in [6.07, 6.45) is 2.54. The molecule has 0 saturated carbocycles. The maximum atomic E-state index is 14.9. The number of imide groups is 1. The van der Waals surface area contributed by atoms with Gasteiger partial charge in [0.25, 0.3) is 5.91 Å². The van der Waals surface area contributed by atoms with Crippen molar-refractivity contribution >= 4 is 29.9 Å². The van der Waals surface area contributed by atoms with E-state index in [0.29, 0.717) is 36.1 Å². The summed E-state index contributed by atoms with van der Waals surface area (Å²) < 4.78 is 13.6. The molecule has 0 heterocycles. The van der Waals surface area contributed by atoms with Crippen molar-refractivity contribution < 1.29 is 38.6 Å². The highest BCUT2D eigenvalue weighted by Gasteiger charge is 2.39. The van der Waals surface area contributed by atoms with Gasteiger partial charge >= 0.3 is 0 Å². The molecule has 0 fully saturated rings. The summed E-state index contributed by atoms with van der Waals surface area (Å²) >= 11 is 0. The van der Waals surface area contributed by atoms with Gasteiger partial charge in [-0.3, -0.25) is 28.9 Å². The summed E-state index contributed by atoms with van der Waals surface area (Å²) in [5.41, 5.74) is 19.0. The minimum Gasteiger partial charge on any atom is -0.507 e. The van der Waals surface area contributed by atoms with Crippen LogP contribution in [-0.4, -0.2) is 94.3 Å². The molecule has 297 valence electrons. The van der Waals surface area contributed by atoms with Gasteiger partial charge in [-0.1, -0.05) is 18.2 Å². The normalized spacial score (nSPS) is 13.4. The number of hydrogen-bond donors (Lipinski definition) is 5. The molecular formula is C42H55FN5O7. The van der Waals surface area contributed by atoms with Crippen molar-refractivity contribution in [2.24, 2.45) is 11.5 Å². The Morgan fingerprint density at radius 1 is 0.891 bits per heavy atom. The molecule has 4 atom stereocenters. The van der Waals surface area contributed by atoms with Gasteiger partial charge in [-0.2, -0.15) is 0 Å². The largest absolute Gasteiger partial charge is 0.507 e. The van der Waals surface area contributed by atoms with Crippen LogP contribution in [0.15, 0.2) is 42.5 Å². The van der Waals surface area contributed by atoms with Crippen LogP contribution in [0, 0.1) is 40.4 Å². The number of nitrogens with two attached hydrogens (primary N) is 2. The van der Waals surface area contributed by atoms with Gasteiger partial charge in [0.1, 0.15) is 29.7 Å². The maximum absolute atomic E-state index is 14.9. The zero-order chi connectivity index (χ0) is 41.1. The Kier molecular flexibility index (Phi) is 16.2. The summed E-state index contributed by atoms with van der Waals surface area (Å²) in [5.74, 6) is -3.62. The number of aliphatic hydroxyl groups is 1. The first kappa shape index (κ1) is 44.4. The van der Waals surface area contributed by atoms with Crippen molar-refractivity contribution in [3.05, 3.63) is 87.2 Å². The van der Waals surface area contributed by atoms with Gasteiger partial charge in [0, 0.05) is 25.5 Å². The molecule has 0 spiro atoms. The molecule has 4 amide bonds. The number of carbonyl (C=O) groups excluding carboxylic acids is 5. The van der Waals surface area contributed by atoms with Crippen LogP contribution >= 0.6 is 0 Å². The molecule has 12 nitrogen and oxygen atoms in total. The second-order valence-electron chi connectivity index (χ2n) is 14.2. The number of halogens is 1. The molecule has 1 radical (unpaired) electrons. The van der Waals surface area contributed by atoms with Crippen molar-refractivity contribution in [1.82, 2.24) is 15.1 Å². The Labute approximate surface area is 323 Å². The van der Waals surface area contributed by atoms with Crippen molar-refractivity contribution in [2.75, 3.05) is 20.2 Å². The summed E-state index contributed by atoms with van der Waals surface area (Å²) in [6, 6.07) is 5.10. The predicted octanol–water partition coefficient (Wildman–Crippen LogP) is 3.53. The second-order valence-corrected chi connectivity index (χ2v) is 14.2. The Balaban J connectivity index is 2.18. The fourth-order valence-electron chi connectivity index (χ4n) is 6.67. The lowest BCUT2D eigenvalue weighted by molar-refractivity contribution is -0.154. The number of nitrogens with zero attached hydrogens (tertiary/aromatic N) is 2. The number of aryl methyl sites for hydroxylation is 1. The van der Waals surface area contributed by atoms with Crippen molar-refractivity contribution in [2.45, 2.75) is 104 Å². The van der Waals surface area contributed by atoms with Crippen molar-refractivity contribution in [3.63, 3.8) is 0 Å². The van der Waals surface area contributed by atoms with Gasteiger partial charge in [0.2, 0.25) is 24.0 Å². The van der Waals surface area contributed by atoms with E-state index in [9.17, 15) is 38.6 Å². The first-order valence-electron chi connectivity index (χ1n) is 18.5. The minimum atomic E-state index is -1.49. The predicted molar refractivity (Wildman–Crippen MR) is 209 cm³/mol. The van der Waals surface area contributed by atoms with Gasteiger partial charge < -0.3 is 31.9 Å². The van der Waals surface area contributed by atoms with Crippen LogP contribution in [0.25, 0.3) is 11.1 Å². The van der Waals surface area contributed by atoms with E-state index in [4.69, 9.17) is 11.5 Å². The number of nitrogens with one attached hydrogen (secondary N) is 1. The number of aliphatic hydroxyl groups excluding tert-OH is 1. The van der Waals surface area contributed by atoms with E-state index in [1.165, 1.54) is 44.3 Å². The van der Waals surface area contributed by atoms with Gasteiger partial charge in [-0.15, -0.1) is 0 Å². The number of likely N-dealkylation sites (N-methyl/N-ethyl adjacent to an activating group) is 1. The fourth-order valence-corrected chi connectivity index (χ4v) is 6.67. The lowest BCUT2D eigenvalue weighted by atomic mass is 9.85. The third-order valence-corrected chi connectivity index (χ3v) is 10.5. The van der Waals surface area contributed by atoms with E-state index < -0.39 is 60.2 Å². The van der Waals surface area contributed by atoms with E-state index >= 15 is 0 Å². The van der Waals surface area contributed by atoms with Crippen molar-refractivity contribution in [3.8, 4) is 16.9 Å². The highest BCUT2D eigenvalue weighted by Crippen LogP contribution is 2.39. The molecule has 3 rings (SSSR count). The molecule has 3 aromatic rings. The van der Waals surface area contributed by atoms with Crippen molar-refractivity contribution in [1.29, 1.82) is 0 Å². The molecule has 0 unspecified atom stereocenters. The topological polar surface area (TPSA) is 196 Å². The maximum Gasteiger partial charge on any atom is 0.252 e. The molecule has 0 aliphatic carbocycles. The highest BCUT2D eigenvalue weighted by molar-refractivity contribution is 6.02. The number of phenolic OH excluding ortho intramolecular Hbond substituents is 1. The van der Waals surface area contributed by atoms with Gasteiger partial charge in [-0.05, 0) is 143 Å². The van der Waals surface area contributed by atoms with Crippen LogP contribution < -0.4 is 16.8 Å². The van der Waals surface area contributed by atoms with Crippen LogP contribution in [0.1, 0.15) is 71.6 Å². The molecule has 0 aliphatic rings. The first-order valence-corrected chi connectivity index (χ1v) is 18.5. The standard InChI is InChI=1S/C42H55FN5O7/c1-24-25(2)27(4)39(28(5)26(24)3)34-20-31(13-17-37(34)51)21-36(47(7)41(54)35(23-50)46-40(53)29(6)45)42(55)48(33(22-49)10-8-9-19-44)38(52)18-14-30-11-15-32(43)16-12-30/h11-13,15-17,20,29,33,35-36,50-51H,8-10,14,18-19,21,23,44-45H2,1-7H3,(H,46,53)/t29-,33+,35-,36-/m0/s1. The number of hydrogen-bond acceptors (Lipinski definition) is 9. The van der Waals surface area contributed by atoms with Crippen LogP contribution in [0.4, 0.5) is 4.39 Å². The quantitative estimate of drug-likeness (QED) is 0.121. The lowest BCUT2D eigenvalue weighted by Crippen LogP contribution is -2.59.